The van der Waals surface area contributed by atoms with Crippen LogP contribution < -0.4 is 0 Å². The number of halogens is 2. The van der Waals surface area contributed by atoms with Gasteiger partial charge in [-0.2, -0.15) is 0 Å². The second kappa shape index (κ2) is 4.84. The standard InChI is InChI=1S/C16H13F2NO3/c1-16(22)5-4-13-9(15(16)21)2-3-12(19-13)8-6-10(17)14(20)11(18)7-8/h2-3,6-7,20,22H,4-5H2,1H3. The van der Waals surface area contributed by atoms with Gasteiger partial charge in [0.2, 0.25) is 0 Å². The van der Waals surface area contributed by atoms with Crippen molar-refractivity contribution in [3.8, 4) is 17.0 Å². The van der Waals surface area contributed by atoms with E-state index in [1.807, 2.05) is 0 Å². The molecule has 1 atom stereocenters. The average Bonchev–Trinajstić information content (AvgIpc) is 2.48. The molecule has 0 aliphatic heterocycles. The Balaban J connectivity index is 2.07. The van der Waals surface area contributed by atoms with E-state index in [4.69, 9.17) is 5.11 Å². The maximum atomic E-state index is 13.4. The topological polar surface area (TPSA) is 70.4 Å². The van der Waals surface area contributed by atoms with Gasteiger partial charge in [0.05, 0.1) is 11.4 Å². The number of hydrogen-bond donors (Lipinski definition) is 2. The predicted octanol–water partition coefficient (Wildman–Crippen LogP) is 2.61. The maximum Gasteiger partial charge on any atom is 0.195 e. The minimum atomic E-state index is -1.41. The van der Waals surface area contributed by atoms with Gasteiger partial charge < -0.3 is 10.2 Å². The lowest BCUT2D eigenvalue weighted by atomic mass is 9.82. The number of rotatable bonds is 1. The summed E-state index contributed by atoms with van der Waals surface area (Å²) in [6.07, 6.45) is 0.637. The number of hydrogen-bond acceptors (Lipinski definition) is 4. The zero-order chi connectivity index (χ0) is 16.1. The number of nitrogens with zero attached hydrogens (tertiary/aromatic N) is 1. The lowest BCUT2D eigenvalue weighted by Crippen LogP contribution is -2.39. The molecule has 22 heavy (non-hydrogen) atoms. The monoisotopic (exact) mass is 305 g/mol. The molecule has 2 aromatic rings. The molecule has 1 aromatic heterocycles. The number of carbonyl (C=O) groups is 1. The van der Waals surface area contributed by atoms with Crippen molar-refractivity contribution in [3.63, 3.8) is 0 Å². The number of aromatic hydroxyl groups is 1. The highest BCUT2D eigenvalue weighted by Gasteiger charge is 2.37. The number of phenols is 1. The SMILES string of the molecule is CC1(O)CCc2nc(-c3cc(F)c(O)c(F)c3)ccc2C1=O. The van der Waals surface area contributed by atoms with Gasteiger partial charge >= 0.3 is 0 Å². The Labute approximate surface area is 125 Å². The van der Waals surface area contributed by atoms with E-state index in [2.05, 4.69) is 4.98 Å². The summed E-state index contributed by atoms with van der Waals surface area (Å²) in [4.78, 5) is 16.4. The van der Waals surface area contributed by atoms with E-state index in [0.29, 0.717) is 23.4 Å². The third-order valence-corrected chi connectivity index (χ3v) is 3.87. The summed E-state index contributed by atoms with van der Waals surface area (Å²) in [6, 6.07) is 4.92. The van der Waals surface area contributed by atoms with Crippen molar-refractivity contribution < 1.29 is 23.8 Å². The van der Waals surface area contributed by atoms with E-state index in [-0.39, 0.29) is 12.0 Å². The summed E-state index contributed by atoms with van der Waals surface area (Å²) in [6.45, 7) is 1.46. The van der Waals surface area contributed by atoms with Crippen LogP contribution in [0.15, 0.2) is 24.3 Å². The first-order valence-electron chi connectivity index (χ1n) is 6.75. The number of aryl methyl sites for hydroxylation is 1. The van der Waals surface area contributed by atoms with Crippen LogP contribution in [0.2, 0.25) is 0 Å². The summed E-state index contributed by atoms with van der Waals surface area (Å²) in [5, 5.41) is 19.1. The van der Waals surface area contributed by atoms with Crippen LogP contribution in [0.4, 0.5) is 8.78 Å². The van der Waals surface area contributed by atoms with Gasteiger partial charge in [-0.15, -0.1) is 0 Å². The van der Waals surface area contributed by atoms with Crippen LogP contribution in [0.5, 0.6) is 5.75 Å². The lowest BCUT2D eigenvalue weighted by Gasteiger charge is -2.27. The Morgan fingerprint density at radius 3 is 2.50 bits per heavy atom. The van der Waals surface area contributed by atoms with Crippen LogP contribution in [0.3, 0.4) is 0 Å². The lowest BCUT2D eigenvalue weighted by molar-refractivity contribution is 0.0338. The van der Waals surface area contributed by atoms with Crippen molar-refractivity contribution in [1.29, 1.82) is 0 Å². The second-order valence-electron chi connectivity index (χ2n) is 5.58. The Hall–Kier alpha value is -2.34. The fourth-order valence-corrected chi connectivity index (χ4v) is 2.54. The molecule has 0 amide bonds. The van der Waals surface area contributed by atoms with Crippen molar-refractivity contribution in [2.45, 2.75) is 25.4 Å². The van der Waals surface area contributed by atoms with Gasteiger partial charge in [0.15, 0.2) is 23.2 Å². The zero-order valence-electron chi connectivity index (χ0n) is 11.7. The fourth-order valence-electron chi connectivity index (χ4n) is 2.54. The molecule has 3 rings (SSSR count). The van der Waals surface area contributed by atoms with Gasteiger partial charge in [0.25, 0.3) is 0 Å². The van der Waals surface area contributed by atoms with E-state index >= 15 is 0 Å². The summed E-state index contributed by atoms with van der Waals surface area (Å²) < 4.78 is 26.8. The van der Waals surface area contributed by atoms with Gasteiger partial charge in [-0.25, -0.2) is 8.78 Å². The summed E-state index contributed by atoms with van der Waals surface area (Å²) in [5.41, 5.74) is -0.138. The third-order valence-electron chi connectivity index (χ3n) is 3.87. The molecule has 6 heteroatoms. The number of benzene rings is 1. The Bertz CT molecular complexity index is 764. The van der Waals surface area contributed by atoms with Gasteiger partial charge in [-0.05, 0) is 44.0 Å². The van der Waals surface area contributed by atoms with Crippen molar-refractivity contribution in [2.24, 2.45) is 0 Å². The van der Waals surface area contributed by atoms with Crippen LogP contribution in [0.1, 0.15) is 29.4 Å². The molecule has 2 N–H and O–H groups in total. The molecule has 0 bridgehead atoms. The molecule has 4 nitrogen and oxygen atoms in total. The molecular weight excluding hydrogens is 292 g/mol. The Morgan fingerprint density at radius 1 is 1.23 bits per heavy atom. The quantitative estimate of drug-likeness (QED) is 0.849. The molecule has 0 saturated carbocycles. The van der Waals surface area contributed by atoms with Crippen LogP contribution in [0, 0.1) is 11.6 Å². The normalized spacial score (nSPS) is 20.8. The number of ketones is 1. The molecule has 1 aliphatic rings. The molecule has 0 spiro atoms. The van der Waals surface area contributed by atoms with Crippen molar-refractivity contribution in [3.05, 3.63) is 47.2 Å². The maximum absolute atomic E-state index is 13.4. The highest BCUT2D eigenvalue weighted by molar-refractivity contribution is 6.04. The van der Waals surface area contributed by atoms with E-state index in [0.717, 1.165) is 12.1 Å². The highest BCUT2D eigenvalue weighted by atomic mass is 19.1. The van der Waals surface area contributed by atoms with Crippen LogP contribution in [0.25, 0.3) is 11.3 Å². The molecule has 1 heterocycles. The molecule has 0 radical (unpaired) electrons. The summed E-state index contributed by atoms with van der Waals surface area (Å²) >= 11 is 0. The average molecular weight is 305 g/mol. The first-order chi connectivity index (χ1) is 10.3. The third kappa shape index (κ3) is 2.25. The first kappa shape index (κ1) is 14.6. The summed E-state index contributed by atoms with van der Waals surface area (Å²) in [5.74, 6) is -3.59. The van der Waals surface area contributed by atoms with Gasteiger partial charge in [0.1, 0.15) is 5.60 Å². The molecule has 114 valence electrons. The van der Waals surface area contributed by atoms with Crippen molar-refractivity contribution in [2.75, 3.05) is 0 Å². The number of pyridine rings is 1. The predicted molar refractivity (Wildman–Crippen MR) is 74.5 cm³/mol. The molecular formula is C16H13F2NO3. The minimum Gasteiger partial charge on any atom is -0.503 e. The largest absolute Gasteiger partial charge is 0.503 e. The second-order valence-corrected chi connectivity index (χ2v) is 5.58. The smallest absolute Gasteiger partial charge is 0.195 e. The van der Waals surface area contributed by atoms with Gasteiger partial charge in [0, 0.05) is 11.1 Å². The molecule has 1 aliphatic carbocycles. The highest BCUT2D eigenvalue weighted by Crippen LogP contribution is 2.31. The van der Waals surface area contributed by atoms with Crippen LogP contribution in [-0.4, -0.2) is 26.6 Å². The number of Topliss-reactive ketones (excluding diaryl/α,β-unsaturated/α-hetero) is 1. The zero-order valence-corrected chi connectivity index (χ0v) is 11.7. The number of aromatic nitrogens is 1. The van der Waals surface area contributed by atoms with Gasteiger partial charge in [-0.3, -0.25) is 9.78 Å². The molecule has 1 aromatic carbocycles. The molecule has 0 fully saturated rings. The number of fused-ring (bicyclic) bond motifs is 1. The summed E-state index contributed by atoms with van der Waals surface area (Å²) in [7, 11) is 0. The van der Waals surface area contributed by atoms with Crippen LogP contribution >= 0.6 is 0 Å². The minimum absolute atomic E-state index is 0.167. The van der Waals surface area contributed by atoms with Crippen LogP contribution in [-0.2, 0) is 6.42 Å². The van der Waals surface area contributed by atoms with Gasteiger partial charge in [-0.1, -0.05) is 0 Å². The van der Waals surface area contributed by atoms with E-state index < -0.39 is 28.8 Å². The fraction of sp³-hybridized carbons (Fsp3) is 0.250. The van der Waals surface area contributed by atoms with Crippen molar-refractivity contribution >= 4 is 5.78 Å². The molecule has 1 unspecified atom stereocenters. The number of phenolic OH excluding ortho intramolecular Hbond substituents is 1. The first-order valence-corrected chi connectivity index (χ1v) is 6.75. The van der Waals surface area contributed by atoms with E-state index in [1.54, 1.807) is 0 Å². The van der Waals surface area contributed by atoms with E-state index in [1.165, 1.54) is 19.1 Å². The van der Waals surface area contributed by atoms with E-state index in [9.17, 15) is 18.7 Å². The Morgan fingerprint density at radius 2 is 1.86 bits per heavy atom. The number of aliphatic hydroxyl groups is 1. The Kier molecular flexibility index (Phi) is 3.21. The van der Waals surface area contributed by atoms with Crippen molar-refractivity contribution in [1.82, 2.24) is 4.98 Å². The number of carbonyl (C=O) groups excluding carboxylic acids is 1. The molecule has 0 saturated heterocycles.